The molecule has 3 nitrogen and oxygen atoms in total. The fourth-order valence-corrected chi connectivity index (χ4v) is 0.803. The van der Waals surface area contributed by atoms with Crippen LogP contribution in [0.4, 0.5) is 0 Å². The van der Waals surface area contributed by atoms with Gasteiger partial charge in [-0.2, -0.15) is 0 Å². The summed E-state index contributed by atoms with van der Waals surface area (Å²) >= 11 is 0. The Morgan fingerprint density at radius 2 is 1.91 bits per heavy atom. The van der Waals surface area contributed by atoms with E-state index in [9.17, 15) is 0 Å². The molecule has 0 heterocycles. The van der Waals surface area contributed by atoms with Gasteiger partial charge < -0.3 is 5.11 Å². The van der Waals surface area contributed by atoms with Crippen LogP contribution in [-0.4, -0.2) is 10.9 Å². The molecule has 1 aromatic carbocycles. The maximum atomic E-state index is 8.70. The van der Waals surface area contributed by atoms with Crippen molar-refractivity contribution in [3.8, 4) is 0 Å². The smallest absolute Gasteiger partial charge is 0.270 e. The van der Waals surface area contributed by atoms with Crippen LogP contribution < -0.4 is 11.1 Å². The third-order valence-corrected chi connectivity index (χ3v) is 1.47. The molecule has 0 radical (unpaired) electrons. The van der Waals surface area contributed by atoms with Gasteiger partial charge in [-0.3, -0.25) is 11.1 Å². The van der Waals surface area contributed by atoms with Crippen molar-refractivity contribution in [1.82, 2.24) is 0 Å². The Morgan fingerprint density at radius 1 is 1.36 bits per heavy atom. The second-order valence-corrected chi connectivity index (χ2v) is 2.31. The molecule has 0 aromatic heterocycles. The lowest BCUT2D eigenvalue weighted by molar-refractivity contribution is -0.114. The molecule has 58 valence electrons. The van der Waals surface area contributed by atoms with Gasteiger partial charge in [0, 0.05) is 0 Å². The molecule has 0 aliphatic carbocycles. The second kappa shape index (κ2) is 3.16. The van der Waals surface area contributed by atoms with E-state index < -0.39 is 0 Å². The highest BCUT2D eigenvalue weighted by Gasteiger charge is 1.99. The summed E-state index contributed by atoms with van der Waals surface area (Å²) in [7, 11) is 0. The van der Waals surface area contributed by atoms with Crippen molar-refractivity contribution in [2.45, 2.75) is 6.61 Å². The lowest BCUT2D eigenvalue weighted by Crippen LogP contribution is -2.46. The first-order valence-corrected chi connectivity index (χ1v) is 3.32. The van der Waals surface area contributed by atoms with Crippen molar-refractivity contribution in [3.05, 3.63) is 35.4 Å². The van der Waals surface area contributed by atoms with E-state index in [-0.39, 0.29) is 6.61 Å². The van der Waals surface area contributed by atoms with Gasteiger partial charge in [0.25, 0.3) is 5.84 Å². The van der Waals surface area contributed by atoms with Crippen LogP contribution in [0.5, 0.6) is 0 Å². The Labute approximate surface area is 65.0 Å². The van der Waals surface area contributed by atoms with Crippen molar-refractivity contribution in [3.63, 3.8) is 0 Å². The van der Waals surface area contributed by atoms with E-state index in [4.69, 9.17) is 16.2 Å². The number of benzene rings is 1. The summed E-state index contributed by atoms with van der Waals surface area (Å²) in [6, 6.07) is 7.13. The predicted octanol–water partition coefficient (Wildman–Crippen LogP) is -1.36. The van der Waals surface area contributed by atoms with Crippen molar-refractivity contribution >= 4 is 5.84 Å². The quantitative estimate of drug-likeness (QED) is 0.361. The summed E-state index contributed by atoms with van der Waals surface area (Å²) < 4.78 is 0. The topological polar surface area (TPSA) is 71.8 Å². The molecule has 5 N–H and O–H groups in total. The largest absolute Gasteiger partial charge is 0.392 e. The molecule has 0 saturated carbocycles. The summed E-state index contributed by atoms with van der Waals surface area (Å²) in [4.78, 5) is 0. The van der Waals surface area contributed by atoms with Gasteiger partial charge in [0.05, 0.1) is 12.2 Å². The number of aliphatic hydroxyl groups is 1. The van der Waals surface area contributed by atoms with Crippen LogP contribution in [0.15, 0.2) is 24.3 Å². The molecule has 3 heteroatoms. The standard InChI is InChI=1S/C8H10N2O/c9-8(10)7-3-1-6(5-11)2-4-7/h1-4,11H,5H2,(H3,9,10)/p+1. The van der Waals surface area contributed by atoms with Crippen LogP contribution in [0.3, 0.4) is 0 Å². The molecule has 0 amide bonds. The van der Waals surface area contributed by atoms with E-state index in [1.165, 1.54) is 0 Å². The van der Waals surface area contributed by atoms with Crippen LogP contribution in [0.25, 0.3) is 0 Å². The zero-order valence-electron chi connectivity index (χ0n) is 6.12. The zero-order chi connectivity index (χ0) is 8.27. The molecule has 0 aliphatic heterocycles. The summed E-state index contributed by atoms with van der Waals surface area (Å²) in [5, 5.41) is 14.0. The minimum Gasteiger partial charge on any atom is -0.392 e. The van der Waals surface area contributed by atoms with Crippen LogP contribution in [0.2, 0.25) is 0 Å². The van der Waals surface area contributed by atoms with E-state index in [1.54, 1.807) is 24.3 Å². The van der Waals surface area contributed by atoms with E-state index in [1.807, 2.05) is 0 Å². The third-order valence-electron chi connectivity index (χ3n) is 1.47. The van der Waals surface area contributed by atoms with E-state index in [2.05, 4.69) is 0 Å². The molecule has 0 atom stereocenters. The minimum atomic E-state index is 0.0464. The number of hydrogen-bond acceptors (Lipinski definition) is 1. The summed E-state index contributed by atoms with van der Waals surface area (Å²) in [5.41, 5.74) is 6.99. The molecular weight excluding hydrogens is 140 g/mol. The molecule has 11 heavy (non-hydrogen) atoms. The highest BCUT2D eigenvalue weighted by atomic mass is 16.3. The zero-order valence-corrected chi connectivity index (χ0v) is 6.12. The van der Waals surface area contributed by atoms with Crippen molar-refractivity contribution in [2.24, 2.45) is 5.73 Å². The van der Waals surface area contributed by atoms with Crippen LogP contribution >= 0.6 is 0 Å². The number of nitrogens with two attached hydrogens (primary N) is 2. The second-order valence-electron chi connectivity index (χ2n) is 2.31. The fraction of sp³-hybridized carbons (Fsp3) is 0.125. The van der Waals surface area contributed by atoms with Gasteiger partial charge >= 0.3 is 0 Å². The molecular formula is C8H11N2O+. The molecule has 0 bridgehead atoms. The summed E-state index contributed by atoms with van der Waals surface area (Å²) in [6.07, 6.45) is 0. The number of amidine groups is 1. The monoisotopic (exact) mass is 151 g/mol. The Hall–Kier alpha value is -1.35. The number of rotatable bonds is 2. The average molecular weight is 151 g/mol. The van der Waals surface area contributed by atoms with E-state index in [0.29, 0.717) is 5.84 Å². The Balaban J connectivity index is 2.91. The fourth-order valence-electron chi connectivity index (χ4n) is 0.803. The van der Waals surface area contributed by atoms with Crippen LogP contribution in [0, 0.1) is 0 Å². The summed E-state index contributed by atoms with van der Waals surface area (Å²) in [6.45, 7) is 0.0464. The first kappa shape index (κ1) is 7.75. The van der Waals surface area contributed by atoms with Gasteiger partial charge in [-0.25, -0.2) is 0 Å². The molecule has 0 unspecified atom stereocenters. The van der Waals surface area contributed by atoms with Gasteiger partial charge in [-0.15, -0.1) is 0 Å². The number of aliphatic hydroxyl groups excluding tert-OH is 1. The molecule has 1 rings (SSSR count). The highest BCUT2D eigenvalue weighted by molar-refractivity contribution is 5.92. The predicted molar refractivity (Wildman–Crippen MR) is 42.6 cm³/mol. The SMILES string of the molecule is NC(=[NH2+])c1ccc(CO)cc1. The lowest BCUT2D eigenvalue weighted by atomic mass is 10.1. The average Bonchev–Trinajstić information content (AvgIpc) is 2.05. The molecule has 0 saturated heterocycles. The van der Waals surface area contributed by atoms with Gasteiger partial charge in [-0.1, -0.05) is 12.1 Å². The first-order valence-electron chi connectivity index (χ1n) is 3.32. The Morgan fingerprint density at radius 3 is 2.27 bits per heavy atom. The maximum Gasteiger partial charge on any atom is 0.270 e. The molecule has 1 aromatic rings. The van der Waals surface area contributed by atoms with Gasteiger partial charge in [-0.05, 0) is 17.7 Å². The Bertz CT molecular complexity index is 253. The normalized spacial score (nSPS) is 9.55. The number of hydrogen-bond donors (Lipinski definition) is 3. The highest BCUT2D eigenvalue weighted by Crippen LogP contribution is 2.01. The lowest BCUT2D eigenvalue weighted by Gasteiger charge is -1.95. The van der Waals surface area contributed by atoms with E-state index >= 15 is 0 Å². The maximum absolute atomic E-state index is 8.70. The van der Waals surface area contributed by atoms with Gasteiger partial charge in [0.2, 0.25) is 0 Å². The third kappa shape index (κ3) is 1.78. The van der Waals surface area contributed by atoms with Crippen molar-refractivity contribution in [1.29, 1.82) is 0 Å². The summed E-state index contributed by atoms with van der Waals surface area (Å²) in [5.74, 6) is 0.300. The van der Waals surface area contributed by atoms with Gasteiger partial charge in [0.1, 0.15) is 0 Å². The van der Waals surface area contributed by atoms with Crippen molar-refractivity contribution < 1.29 is 10.5 Å². The minimum absolute atomic E-state index is 0.0464. The molecule has 0 fully saturated rings. The van der Waals surface area contributed by atoms with Crippen LogP contribution in [0.1, 0.15) is 11.1 Å². The van der Waals surface area contributed by atoms with Crippen LogP contribution in [-0.2, 0) is 6.61 Å². The van der Waals surface area contributed by atoms with E-state index in [0.717, 1.165) is 11.1 Å². The Kier molecular flexibility index (Phi) is 2.23. The molecule has 0 aliphatic rings. The van der Waals surface area contributed by atoms with Gasteiger partial charge in [0.15, 0.2) is 0 Å². The van der Waals surface area contributed by atoms with Crippen molar-refractivity contribution in [2.75, 3.05) is 0 Å². The molecule has 0 spiro atoms. The first-order chi connectivity index (χ1) is 5.24.